The Labute approximate surface area is 99.3 Å². The predicted molar refractivity (Wildman–Crippen MR) is 63.7 cm³/mol. The minimum absolute atomic E-state index is 0.191. The standard InChI is InChI=1S/C13H14FN3/c1-9-2-3-12(10(14)6-9)17-8-16-11-7-15-5-4-13(11)17/h2-3,6,8,15H,4-5,7H2,1H3. The molecular weight excluding hydrogens is 217 g/mol. The molecule has 1 aliphatic heterocycles. The summed E-state index contributed by atoms with van der Waals surface area (Å²) in [5.41, 5.74) is 3.66. The summed E-state index contributed by atoms with van der Waals surface area (Å²) in [6, 6.07) is 5.29. The van der Waals surface area contributed by atoms with Gasteiger partial charge in [0, 0.05) is 25.2 Å². The molecule has 1 aromatic carbocycles. The quantitative estimate of drug-likeness (QED) is 0.813. The summed E-state index contributed by atoms with van der Waals surface area (Å²) in [6.45, 7) is 3.59. The lowest BCUT2D eigenvalue weighted by atomic mass is 10.1. The van der Waals surface area contributed by atoms with Crippen LogP contribution in [-0.2, 0) is 13.0 Å². The Balaban J connectivity index is 2.12. The first kappa shape index (κ1) is 10.5. The van der Waals surface area contributed by atoms with Crippen LogP contribution in [0.25, 0.3) is 5.69 Å². The minimum Gasteiger partial charge on any atom is -0.311 e. The normalized spacial score (nSPS) is 14.7. The van der Waals surface area contributed by atoms with E-state index in [1.165, 1.54) is 0 Å². The maximum atomic E-state index is 13.9. The molecule has 3 rings (SSSR count). The van der Waals surface area contributed by atoms with Gasteiger partial charge in [0.25, 0.3) is 0 Å². The van der Waals surface area contributed by atoms with Crippen LogP contribution < -0.4 is 5.32 Å². The zero-order valence-corrected chi connectivity index (χ0v) is 9.70. The number of rotatable bonds is 1. The lowest BCUT2D eigenvalue weighted by Crippen LogP contribution is -2.24. The van der Waals surface area contributed by atoms with E-state index in [0.29, 0.717) is 5.69 Å². The van der Waals surface area contributed by atoms with Gasteiger partial charge >= 0.3 is 0 Å². The number of aromatic nitrogens is 2. The number of hydrogen-bond acceptors (Lipinski definition) is 2. The van der Waals surface area contributed by atoms with Crippen molar-refractivity contribution in [1.82, 2.24) is 14.9 Å². The van der Waals surface area contributed by atoms with E-state index < -0.39 is 0 Å². The molecule has 3 nitrogen and oxygen atoms in total. The number of benzene rings is 1. The molecule has 0 unspecified atom stereocenters. The SMILES string of the molecule is Cc1ccc(-n2cnc3c2CCNC3)c(F)c1. The van der Waals surface area contributed by atoms with Crippen molar-refractivity contribution in [2.24, 2.45) is 0 Å². The Bertz CT molecular complexity index is 560. The minimum atomic E-state index is -0.191. The van der Waals surface area contributed by atoms with Gasteiger partial charge in [-0.25, -0.2) is 9.37 Å². The van der Waals surface area contributed by atoms with Crippen molar-refractivity contribution in [2.45, 2.75) is 19.9 Å². The number of fused-ring (bicyclic) bond motifs is 1. The predicted octanol–water partition coefficient (Wildman–Crippen LogP) is 1.97. The topological polar surface area (TPSA) is 29.9 Å². The van der Waals surface area contributed by atoms with Gasteiger partial charge in [-0.15, -0.1) is 0 Å². The van der Waals surface area contributed by atoms with Crippen molar-refractivity contribution in [2.75, 3.05) is 6.54 Å². The Morgan fingerprint density at radius 2 is 2.29 bits per heavy atom. The average Bonchev–Trinajstić information content (AvgIpc) is 2.73. The lowest BCUT2D eigenvalue weighted by Gasteiger charge is -2.15. The molecule has 0 aliphatic carbocycles. The Morgan fingerprint density at radius 1 is 1.41 bits per heavy atom. The summed E-state index contributed by atoms with van der Waals surface area (Å²) in [5.74, 6) is -0.191. The van der Waals surface area contributed by atoms with Gasteiger partial charge in [0.2, 0.25) is 0 Å². The molecule has 4 heteroatoms. The van der Waals surface area contributed by atoms with Crippen molar-refractivity contribution in [3.63, 3.8) is 0 Å². The summed E-state index contributed by atoms with van der Waals surface area (Å²) >= 11 is 0. The van der Waals surface area contributed by atoms with Crippen molar-refractivity contribution < 1.29 is 4.39 Å². The van der Waals surface area contributed by atoms with Crippen LogP contribution >= 0.6 is 0 Å². The van der Waals surface area contributed by atoms with E-state index >= 15 is 0 Å². The highest BCUT2D eigenvalue weighted by Gasteiger charge is 2.17. The first-order chi connectivity index (χ1) is 8.25. The molecule has 2 aromatic rings. The van der Waals surface area contributed by atoms with E-state index in [-0.39, 0.29) is 5.82 Å². The fourth-order valence-electron chi connectivity index (χ4n) is 2.25. The second-order valence-electron chi connectivity index (χ2n) is 4.39. The first-order valence-electron chi connectivity index (χ1n) is 5.78. The molecule has 0 saturated carbocycles. The summed E-state index contributed by atoms with van der Waals surface area (Å²) < 4.78 is 15.8. The molecule has 0 atom stereocenters. The van der Waals surface area contributed by atoms with Crippen molar-refractivity contribution in [3.8, 4) is 5.69 Å². The molecule has 2 heterocycles. The molecule has 0 radical (unpaired) electrons. The molecule has 17 heavy (non-hydrogen) atoms. The van der Waals surface area contributed by atoms with E-state index in [2.05, 4.69) is 10.3 Å². The first-order valence-corrected chi connectivity index (χ1v) is 5.78. The maximum Gasteiger partial charge on any atom is 0.147 e. The van der Waals surface area contributed by atoms with Gasteiger partial charge in [0.1, 0.15) is 5.82 Å². The number of aryl methyl sites for hydroxylation is 1. The highest BCUT2D eigenvalue weighted by molar-refractivity contribution is 5.39. The number of imidazole rings is 1. The molecule has 1 aromatic heterocycles. The van der Waals surface area contributed by atoms with Gasteiger partial charge in [0.05, 0.1) is 17.7 Å². The third-order valence-electron chi connectivity index (χ3n) is 3.15. The summed E-state index contributed by atoms with van der Waals surface area (Å²) in [4.78, 5) is 4.33. The van der Waals surface area contributed by atoms with Crippen LogP contribution in [0.4, 0.5) is 4.39 Å². The fourth-order valence-corrected chi connectivity index (χ4v) is 2.25. The van der Waals surface area contributed by atoms with Crippen LogP contribution in [0.3, 0.4) is 0 Å². The van der Waals surface area contributed by atoms with Crippen LogP contribution in [0.2, 0.25) is 0 Å². The van der Waals surface area contributed by atoms with Crippen LogP contribution in [0.5, 0.6) is 0 Å². The third-order valence-corrected chi connectivity index (χ3v) is 3.15. The summed E-state index contributed by atoms with van der Waals surface area (Å²) in [7, 11) is 0. The van der Waals surface area contributed by atoms with E-state index in [9.17, 15) is 4.39 Å². The molecular formula is C13H14FN3. The van der Waals surface area contributed by atoms with Crippen molar-refractivity contribution >= 4 is 0 Å². The molecule has 1 N–H and O–H groups in total. The van der Waals surface area contributed by atoms with Crippen LogP contribution in [0.15, 0.2) is 24.5 Å². The molecule has 88 valence electrons. The molecule has 0 bridgehead atoms. The highest BCUT2D eigenvalue weighted by Crippen LogP contribution is 2.20. The monoisotopic (exact) mass is 231 g/mol. The fraction of sp³-hybridized carbons (Fsp3) is 0.308. The number of nitrogens with zero attached hydrogens (tertiary/aromatic N) is 2. The Hall–Kier alpha value is -1.68. The van der Waals surface area contributed by atoms with E-state index in [0.717, 1.165) is 36.5 Å². The number of nitrogens with one attached hydrogen (secondary N) is 1. The largest absolute Gasteiger partial charge is 0.311 e. The summed E-state index contributed by atoms with van der Waals surface area (Å²) in [5, 5.41) is 3.26. The second-order valence-corrected chi connectivity index (χ2v) is 4.39. The Morgan fingerprint density at radius 3 is 3.12 bits per heavy atom. The molecule has 1 aliphatic rings. The van der Waals surface area contributed by atoms with Gasteiger partial charge in [-0.3, -0.25) is 4.57 Å². The average molecular weight is 231 g/mol. The highest BCUT2D eigenvalue weighted by atomic mass is 19.1. The second kappa shape index (κ2) is 3.96. The van der Waals surface area contributed by atoms with Gasteiger partial charge in [-0.1, -0.05) is 6.07 Å². The van der Waals surface area contributed by atoms with Gasteiger partial charge in [-0.2, -0.15) is 0 Å². The smallest absolute Gasteiger partial charge is 0.147 e. The van der Waals surface area contributed by atoms with Crippen LogP contribution in [-0.4, -0.2) is 16.1 Å². The molecule has 0 spiro atoms. The van der Waals surface area contributed by atoms with E-state index in [1.807, 2.05) is 23.6 Å². The van der Waals surface area contributed by atoms with Crippen molar-refractivity contribution in [1.29, 1.82) is 0 Å². The van der Waals surface area contributed by atoms with Gasteiger partial charge in [-0.05, 0) is 24.6 Å². The molecule has 0 fully saturated rings. The number of halogens is 1. The van der Waals surface area contributed by atoms with E-state index in [4.69, 9.17) is 0 Å². The van der Waals surface area contributed by atoms with Crippen molar-refractivity contribution in [3.05, 3.63) is 47.3 Å². The zero-order valence-electron chi connectivity index (χ0n) is 9.70. The summed E-state index contributed by atoms with van der Waals surface area (Å²) in [6.07, 6.45) is 2.61. The van der Waals surface area contributed by atoms with E-state index in [1.54, 1.807) is 12.4 Å². The lowest BCUT2D eigenvalue weighted by molar-refractivity contribution is 0.599. The van der Waals surface area contributed by atoms with Crippen LogP contribution in [0, 0.1) is 12.7 Å². The molecule has 0 amide bonds. The third kappa shape index (κ3) is 1.74. The molecule has 0 saturated heterocycles. The number of hydrogen-bond donors (Lipinski definition) is 1. The Kier molecular flexibility index (Phi) is 2.44. The van der Waals surface area contributed by atoms with Crippen LogP contribution in [0.1, 0.15) is 17.0 Å². The van der Waals surface area contributed by atoms with Gasteiger partial charge < -0.3 is 5.32 Å². The van der Waals surface area contributed by atoms with Gasteiger partial charge in [0.15, 0.2) is 0 Å². The maximum absolute atomic E-state index is 13.9. The zero-order chi connectivity index (χ0) is 11.8.